The third-order valence-corrected chi connectivity index (χ3v) is 0. The molecule has 0 radical (unpaired) electrons. The molecule has 1 unspecified atom stereocenters. The fourth-order valence-corrected chi connectivity index (χ4v) is 0. The Labute approximate surface area is 34.4 Å². The first-order chi connectivity index (χ1) is 1.73. The van der Waals surface area contributed by atoms with E-state index in [1.807, 2.05) is 0 Å². The van der Waals surface area contributed by atoms with Gasteiger partial charge in [0.25, 0.3) is 0 Å². The molecule has 0 fully saturated rings. The molecule has 4 heteroatoms. The monoisotopic (exact) mass is 118 g/mol. The van der Waals surface area contributed by atoms with E-state index in [0.717, 1.165) is 0 Å². The van der Waals surface area contributed by atoms with Gasteiger partial charge >= 0.3 is 33.7 Å². The van der Waals surface area contributed by atoms with Crippen molar-refractivity contribution in [3.8, 4) is 0 Å². The minimum absolute atomic E-state index is 0.586. The summed E-state index contributed by atoms with van der Waals surface area (Å²) < 4.78 is 9.38. The van der Waals surface area contributed by atoms with Crippen molar-refractivity contribution < 1.29 is 4.55 Å². The summed E-state index contributed by atoms with van der Waals surface area (Å²) >= 11 is 0. The van der Waals surface area contributed by atoms with Crippen LogP contribution >= 0.6 is 19.1 Å². The van der Waals surface area contributed by atoms with Crippen molar-refractivity contribution in [1.29, 1.82) is 0 Å². The van der Waals surface area contributed by atoms with Crippen LogP contribution in [0.4, 0.5) is 0 Å². The van der Waals surface area contributed by atoms with Gasteiger partial charge in [0.15, 0.2) is 0 Å². The average Bonchev–Trinajstić information content (AvgIpc) is 0.811. The molecule has 0 spiro atoms. The first-order valence-corrected chi connectivity index (χ1v) is 5.56. The fourth-order valence-electron chi connectivity index (χ4n) is 0. The SMILES string of the molecule is [O-][S+]([PH4])Cl. The third-order valence-electron chi connectivity index (χ3n) is 0. The molecule has 0 aliphatic heterocycles. The molecule has 1 nitrogen and oxygen atoms in total. The molecule has 4 heavy (non-hydrogen) atoms. The zero-order chi connectivity index (χ0) is 3.58. The Hall–Kier alpha value is 1.03. The van der Waals surface area contributed by atoms with Crippen LogP contribution in [-0.2, 0) is 10.0 Å². The van der Waals surface area contributed by atoms with Gasteiger partial charge in [-0.1, -0.05) is 0 Å². The molecule has 0 aromatic heterocycles. The number of hydrogen-bond donors (Lipinski definition) is 0. The van der Waals surface area contributed by atoms with Gasteiger partial charge in [-0.3, -0.25) is 0 Å². The van der Waals surface area contributed by atoms with Gasteiger partial charge in [0.2, 0.25) is 0 Å². The maximum absolute atomic E-state index is 9.38. The van der Waals surface area contributed by atoms with Gasteiger partial charge in [-0.15, -0.1) is 0 Å². The van der Waals surface area contributed by atoms with Crippen LogP contribution in [0.1, 0.15) is 0 Å². The number of rotatable bonds is 0. The van der Waals surface area contributed by atoms with E-state index >= 15 is 0 Å². The van der Waals surface area contributed by atoms with E-state index in [4.69, 9.17) is 10.7 Å². The van der Waals surface area contributed by atoms with Gasteiger partial charge in [-0.05, 0) is 0 Å². The summed E-state index contributed by atoms with van der Waals surface area (Å²) in [5, 5.41) is 0. The Morgan fingerprint density at radius 2 is 2.00 bits per heavy atom. The minimum atomic E-state index is -1.00. The summed E-state index contributed by atoms with van der Waals surface area (Å²) in [7, 11) is 4.40. The molecule has 0 heterocycles. The molecular weight excluding hydrogens is 114 g/mol. The average molecular weight is 119 g/mol. The quantitative estimate of drug-likeness (QED) is 0.328. The summed E-state index contributed by atoms with van der Waals surface area (Å²) in [5.41, 5.74) is 0. The summed E-state index contributed by atoms with van der Waals surface area (Å²) in [6, 6.07) is 0. The summed E-state index contributed by atoms with van der Waals surface area (Å²) in [6.45, 7) is 0. The van der Waals surface area contributed by atoms with Crippen LogP contribution in [0.5, 0.6) is 0 Å². The predicted molar refractivity (Wildman–Crippen MR) is 26.5 cm³/mol. The molecule has 0 aromatic rings. The van der Waals surface area contributed by atoms with Crippen LogP contribution in [0, 0.1) is 0 Å². The topological polar surface area (TPSA) is 23.1 Å². The Morgan fingerprint density at radius 1 is 2.00 bits per heavy atom. The zero-order valence-corrected chi connectivity index (χ0v) is 5.77. The molecule has 0 aliphatic rings. The zero-order valence-electron chi connectivity index (χ0n) is 2.19. The first kappa shape index (κ1) is 5.03. The Morgan fingerprint density at radius 3 is 2.00 bits per heavy atom. The maximum atomic E-state index is 9.38. The Kier molecular flexibility index (Phi) is 2.86. The van der Waals surface area contributed by atoms with E-state index in [1.165, 1.54) is 0 Å². The van der Waals surface area contributed by atoms with Crippen molar-refractivity contribution in [1.82, 2.24) is 0 Å². The normalized spacial score (nSPS) is 16.0. The molecule has 28 valence electrons. The van der Waals surface area contributed by atoms with E-state index < -0.39 is 10.0 Å². The van der Waals surface area contributed by atoms with Crippen molar-refractivity contribution >= 4 is 29.1 Å². The molecule has 1 atom stereocenters. The molecule has 0 aliphatic carbocycles. The van der Waals surface area contributed by atoms with Crippen molar-refractivity contribution in [3.63, 3.8) is 0 Å². The fraction of sp³-hybridized carbons (Fsp3) is 0. The summed E-state index contributed by atoms with van der Waals surface area (Å²) in [4.78, 5) is 0. The van der Waals surface area contributed by atoms with Crippen molar-refractivity contribution in [2.45, 2.75) is 0 Å². The molecule has 0 aromatic carbocycles. The van der Waals surface area contributed by atoms with Crippen LogP contribution in [0.15, 0.2) is 0 Å². The molecule has 0 saturated heterocycles. The molecule has 0 bridgehead atoms. The van der Waals surface area contributed by atoms with Crippen LogP contribution in [0.3, 0.4) is 0 Å². The number of hydrogen-bond acceptors (Lipinski definition) is 1. The molecule has 0 rings (SSSR count). The van der Waals surface area contributed by atoms with Crippen LogP contribution in [-0.4, -0.2) is 4.55 Å². The second-order valence-corrected chi connectivity index (χ2v) is 6.23. The van der Waals surface area contributed by atoms with E-state index in [0.29, 0.717) is 8.44 Å². The first-order valence-electron chi connectivity index (χ1n) is 0.729. The number of halogens is 1. The van der Waals surface area contributed by atoms with E-state index in [9.17, 15) is 4.55 Å². The van der Waals surface area contributed by atoms with Gasteiger partial charge in [0.1, 0.15) is 0 Å². The van der Waals surface area contributed by atoms with Crippen molar-refractivity contribution in [2.75, 3.05) is 0 Å². The van der Waals surface area contributed by atoms with Crippen molar-refractivity contribution in [2.24, 2.45) is 0 Å². The Bertz CT molecular complexity index is 12.8. The molecular formula is H4ClOPS. The van der Waals surface area contributed by atoms with Crippen LogP contribution < -0.4 is 0 Å². The van der Waals surface area contributed by atoms with Gasteiger partial charge in [-0.25, -0.2) is 0 Å². The van der Waals surface area contributed by atoms with Crippen LogP contribution in [0.2, 0.25) is 0 Å². The van der Waals surface area contributed by atoms with Gasteiger partial charge < -0.3 is 0 Å². The van der Waals surface area contributed by atoms with Crippen LogP contribution in [0.25, 0.3) is 0 Å². The summed E-state index contributed by atoms with van der Waals surface area (Å²) in [5.74, 6) is 0. The Balaban J connectivity index is 2.32. The molecule has 0 saturated carbocycles. The molecule has 0 N–H and O–H groups in total. The van der Waals surface area contributed by atoms with E-state index in [2.05, 4.69) is 0 Å². The third kappa shape index (κ3) is 11.8. The second kappa shape index (κ2) is 2.28. The van der Waals surface area contributed by atoms with E-state index in [-0.39, 0.29) is 0 Å². The van der Waals surface area contributed by atoms with Crippen molar-refractivity contribution in [3.05, 3.63) is 0 Å². The van der Waals surface area contributed by atoms with Gasteiger partial charge in [0, 0.05) is 0 Å². The molecule has 0 amide bonds. The standard InChI is InChI=1S/ClH4OPS/c1-4(2)3/h3H4. The summed E-state index contributed by atoms with van der Waals surface area (Å²) in [6.07, 6.45) is 0. The van der Waals surface area contributed by atoms with E-state index in [1.54, 1.807) is 0 Å². The van der Waals surface area contributed by atoms with Gasteiger partial charge in [-0.2, -0.15) is 0 Å². The second-order valence-electron chi connectivity index (χ2n) is 0.384. The van der Waals surface area contributed by atoms with Gasteiger partial charge in [0.05, 0.1) is 0 Å². The predicted octanol–water partition coefficient (Wildman–Crippen LogP) is 0.144.